The van der Waals surface area contributed by atoms with Gasteiger partial charge in [-0.15, -0.1) is 0 Å². The number of hydrogen-bond donors (Lipinski definition) is 1. The maximum absolute atomic E-state index is 11.5. The summed E-state index contributed by atoms with van der Waals surface area (Å²) in [5.74, 6) is 0.0782. The van der Waals surface area contributed by atoms with Crippen molar-refractivity contribution in [2.45, 2.75) is 65.5 Å². The lowest BCUT2D eigenvalue weighted by molar-refractivity contribution is -0.117. The lowest BCUT2D eigenvalue weighted by Crippen LogP contribution is -2.39. The van der Waals surface area contributed by atoms with Crippen LogP contribution in [-0.2, 0) is 9.53 Å². The van der Waals surface area contributed by atoms with Gasteiger partial charge >= 0.3 is 6.09 Å². The molecule has 0 saturated carbocycles. The zero-order chi connectivity index (χ0) is 12.8. The highest BCUT2D eigenvalue weighted by molar-refractivity contribution is 5.77. The maximum atomic E-state index is 11.5. The van der Waals surface area contributed by atoms with Gasteiger partial charge in [-0.3, -0.25) is 4.79 Å². The molecule has 0 bridgehead atoms. The van der Waals surface area contributed by atoms with E-state index >= 15 is 0 Å². The van der Waals surface area contributed by atoms with E-state index in [4.69, 9.17) is 4.74 Å². The fourth-order valence-electron chi connectivity index (χ4n) is 1.39. The largest absolute Gasteiger partial charge is 0.444 e. The third-order valence-electron chi connectivity index (χ3n) is 1.89. The standard InChI is InChI=1S/C12H23NO3/c1-6-7-10(8-9(2)14)13-11(15)16-12(3,4)5/h10H,6-8H2,1-5H3,(H,13,15)/t10-/m0/s1. The Morgan fingerprint density at radius 2 is 1.88 bits per heavy atom. The number of ether oxygens (including phenoxy) is 1. The summed E-state index contributed by atoms with van der Waals surface area (Å²) in [5, 5.41) is 2.72. The Balaban J connectivity index is 4.17. The topological polar surface area (TPSA) is 55.4 Å². The fourth-order valence-corrected chi connectivity index (χ4v) is 1.39. The highest BCUT2D eigenvalue weighted by Crippen LogP contribution is 2.08. The van der Waals surface area contributed by atoms with E-state index in [9.17, 15) is 9.59 Å². The number of carbonyl (C=O) groups excluding carboxylic acids is 2. The molecule has 0 unspecified atom stereocenters. The summed E-state index contributed by atoms with van der Waals surface area (Å²) >= 11 is 0. The van der Waals surface area contributed by atoms with Gasteiger partial charge in [0.15, 0.2) is 0 Å². The second-order valence-corrected chi connectivity index (χ2v) is 5.04. The molecule has 0 aliphatic rings. The van der Waals surface area contributed by atoms with E-state index in [-0.39, 0.29) is 11.8 Å². The molecule has 0 aromatic rings. The molecule has 0 spiro atoms. The number of ketones is 1. The van der Waals surface area contributed by atoms with Crippen LogP contribution in [0.1, 0.15) is 53.9 Å². The Morgan fingerprint density at radius 1 is 1.31 bits per heavy atom. The minimum absolute atomic E-state index is 0.0782. The molecular weight excluding hydrogens is 206 g/mol. The monoisotopic (exact) mass is 229 g/mol. The highest BCUT2D eigenvalue weighted by atomic mass is 16.6. The number of carbonyl (C=O) groups is 2. The third-order valence-corrected chi connectivity index (χ3v) is 1.89. The van der Waals surface area contributed by atoms with Crippen LogP contribution in [-0.4, -0.2) is 23.5 Å². The Bertz CT molecular complexity index is 243. The van der Waals surface area contributed by atoms with Crippen LogP contribution < -0.4 is 5.32 Å². The predicted molar refractivity (Wildman–Crippen MR) is 63.4 cm³/mol. The van der Waals surface area contributed by atoms with Crippen molar-refractivity contribution in [2.24, 2.45) is 0 Å². The average molecular weight is 229 g/mol. The summed E-state index contributed by atoms with van der Waals surface area (Å²) < 4.78 is 5.13. The molecule has 1 N–H and O–H groups in total. The molecular formula is C12H23NO3. The number of amides is 1. The molecule has 0 heterocycles. The van der Waals surface area contributed by atoms with Gasteiger partial charge in [-0.2, -0.15) is 0 Å². The SMILES string of the molecule is CCC[C@@H](CC(C)=O)NC(=O)OC(C)(C)C. The number of nitrogens with one attached hydrogen (secondary N) is 1. The lowest BCUT2D eigenvalue weighted by Gasteiger charge is -2.23. The van der Waals surface area contributed by atoms with Crippen molar-refractivity contribution in [1.82, 2.24) is 5.32 Å². The van der Waals surface area contributed by atoms with Crippen LogP contribution in [0.15, 0.2) is 0 Å². The van der Waals surface area contributed by atoms with E-state index in [2.05, 4.69) is 5.32 Å². The smallest absolute Gasteiger partial charge is 0.407 e. The van der Waals surface area contributed by atoms with Crippen LogP contribution >= 0.6 is 0 Å². The van der Waals surface area contributed by atoms with E-state index in [0.717, 1.165) is 12.8 Å². The Labute approximate surface area is 97.7 Å². The molecule has 0 aliphatic heterocycles. The van der Waals surface area contributed by atoms with Crippen LogP contribution in [0.25, 0.3) is 0 Å². The molecule has 4 nitrogen and oxygen atoms in total. The number of alkyl carbamates (subject to hydrolysis) is 1. The molecule has 0 fully saturated rings. The Morgan fingerprint density at radius 3 is 2.25 bits per heavy atom. The first-order valence-corrected chi connectivity index (χ1v) is 5.73. The molecule has 0 saturated heterocycles. The molecule has 4 heteroatoms. The van der Waals surface area contributed by atoms with Crippen molar-refractivity contribution >= 4 is 11.9 Å². The molecule has 1 atom stereocenters. The lowest BCUT2D eigenvalue weighted by atomic mass is 10.1. The molecule has 0 radical (unpaired) electrons. The second-order valence-electron chi connectivity index (χ2n) is 5.04. The van der Waals surface area contributed by atoms with Crippen LogP contribution in [0, 0.1) is 0 Å². The van der Waals surface area contributed by atoms with Crippen molar-refractivity contribution in [3.63, 3.8) is 0 Å². The van der Waals surface area contributed by atoms with Crippen molar-refractivity contribution in [3.05, 3.63) is 0 Å². The van der Waals surface area contributed by atoms with E-state index < -0.39 is 11.7 Å². The van der Waals surface area contributed by atoms with Crippen molar-refractivity contribution in [1.29, 1.82) is 0 Å². The average Bonchev–Trinajstić information content (AvgIpc) is 1.98. The van der Waals surface area contributed by atoms with Gasteiger partial charge in [0, 0.05) is 12.5 Å². The number of rotatable bonds is 5. The number of Topliss-reactive ketones (excluding diaryl/α,β-unsaturated/α-hetero) is 1. The summed E-state index contributed by atoms with van der Waals surface area (Å²) in [5.41, 5.74) is -0.503. The quantitative estimate of drug-likeness (QED) is 0.788. The minimum Gasteiger partial charge on any atom is -0.444 e. The van der Waals surface area contributed by atoms with Crippen LogP contribution in [0.4, 0.5) is 4.79 Å². The molecule has 0 aromatic heterocycles. The predicted octanol–water partition coefficient (Wildman–Crippen LogP) is 2.66. The molecule has 16 heavy (non-hydrogen) atoms. The van der Waals surface area contributed by atoms with Gasteiger partial charge in [0.2, 0.25) is 0 Å². The van der Waals surface area contributed by atoms with Crippen LogP contribution in [0.3, 0.4) is 0 Å². The summed E-state index contributed by atoms with van der Waals surface area (Å²) in [4.78, 5) is 22.5. The fraction of sp³-hybridized carbons (Fsp3) is 0.833. The van der Waals surface area contributed by atoms with Gasteiger partial charge in [0.25, 0.3) is 0 Å². The highest BCUT2D eigenvalue weighted by Gasteiger charge is 2.19. The van der Waals surface area contributed by atoms with Gasteiger partial charge in [0.05, 0.1) is 0 Å². The van der Waals surface area contributed by atoms with Crippen molar-refractivity contribution in [3.8, 4) is 0 Å². The molecule has 0 rings (SSSR count). The Kier molecular flexibility index (Phi) is 6.08. The van der Waals surface area contributed by atoms with Gasteiger partial charge in [0.1, 0.15) is 11.4 Å². The summed E-state index contributed by atoms with van der Waals surface area (Å²) in [6, 6.07) is -0.114. The summed E-state index contributed by atoms with van der Waals surface area (Å²) in [6.45, 7) is 8.98. The first kappa shape index (κ1) is 14.9. The van der Waals surface area contributed by atoms with E-state index in [1.165, 1.54) is 6.92 Å². The molecule has 94 valence electrons. The second kappa shape index (κ2) is 6.51. The van der Waals surface area contributed by atoms with Gasteiger partial charge in [-0.25, -0.2) is 4.79 Å². The first-order valence-electron chi connectivity index (χ1n) is 5.73. The van der Waals surface area contributed by atoms with Crippen LogP contribution in [0.2, 0.25) is 0 Å². The van der Waals surface area contributed by atoms with E-state index in [1.807, 2.05) is 27.7 Å². The molecule has 0 aliphatic carbocycles. The summed E-state index contributed by atoms with van der Waals surface area (Å²) in [7, 11) is 0. The minimum atomic E-state index is -0.503. The first-order chi connectivity index (χ1) is 7.24. The molecule has 1 amide bonds. The van der Waals surface area contributed by atoms with E-state index in [1.54, 1.807) is 0 Å². The maximum Gasteiger partial charge on any atom is 0.407 e. The van der Waals surface area contributed by atoms with Gasteiger partial charge in [-0.05, 0) is 34.1 Å². The van der Waals surface area contributed by atoms with Gasteiger partial charge in [-0.1, -0.05) is 13.3 Å². The normalized spacial score (nSPS) is 13.1. The van der Waals surface area contributed by atoms with Crippen molar-refractivity contribution in [2.75, 3.05) is 0 Å². The van der Waals surface area contributed by atoms with Crippen LogP contribution in [0.5, 0.6) is 0 Å². The zero-order valence-corrected chi connectivity index (χ0v) is 10.9. The van der Waals surface area contributed by atoms with Crippen molar-refractivity contribution < 1.29 is 14.3 Å². The van der Waals surface area contributed by atoms with Gasteiger partial charge < -0.3 is 10.1 Å². The Hall–Kier alpha value is -1.06. The summed E-state index contributed by atoms with van der Waals surface area (Å²) in [6.07, 6.45) is 1.63. The molecule has 0 aromatic carbocycles. The van der Waals surface area contributed by atoms with E-state index in [0.29, 0.717) is 6.42 Å². The third kappa shape index (κ3) is 8.26. The zero-order valence-electron chi connectivity index (χ0n) is 10.9. The number of hydrogen-bond acceptors (Lipinski definition) is 3.